The van der Waals surface area contributed by atoms with Crippen molar-refractivity contribution in [2.45, 2.75) is 52.1 Å². The molecule has 4 heteroatoms. The Hall–Kier alpha value is -1.32. The first-order valence-corrected chi connectivity index (χ1v) is 5.68. The molecule has 0 rings (SSSR count). The molecule has 0 aliphatic rings. The molecule has 0 saturated carbocycles. The first kappa shape index (κ1) is 14.7. The molecule has 0 saturated heterocycles. The van der Waals surface area contributed by atoms with E-state index in [1.165, 1.54) is 12.8 Å². The van der Waals surface area contributed by atoms with Gasteiger partial charge in [0.1, 0.15) is 0 Å². The fourth-order valence-corrected chi connectivity index (χ4v) is 1.29. The van der Waals surface area contributed by atoms with E-state index in [-0.39, 0.29) is 6.10 Å². The smallest absolute Gasteiger partial charge is 0.331 e. The summed E-state index contributed by atoms with van der Waals surface area (Å²) in [6.07, 6.45) is 6.94. The maximum absolute atomic E-state index is 11.1. The summed E-state index contributed by atoms with van der Waals surface area (Å²) in [4.78, 5) is 21.2. The number of carbonyl (C=O) groups is 2. The third-order valence-corrected chi connectivity index (χ3v) is 2.14. The quantitative estimate of drug-likeness (QED) is 0.394. The number of esters is 1. The molecule has 0 aromatic carbocycles. The first-order chi connectivity index (χ1) is 7.56. The largest absolute Gasteiger partial charge is 0.478 e. The maximum Gasteiger partial charge on any atom is 0.331 e. The van der Waals surface area contributed by atoms with Crippen LogP contribution in [-0.2, 0) is 14.3 Å². The van der Waals surface area contributed by atoms with Crippen LogP contribution in [0.3, 0.4) is 0 Å². The van der Waals surface area contributed by atoms with Crippen LogP contribution in [0, 0.1) is 0 Å². The number of carboxylic acids is 1. The molecule has 1 atom stereocenters. The average molecular weight is 228 g/mol. The SMILES string of the molecule is CCCCCCC(C)OC(=O)/C=C/C(=O)O. The normalized spacial score (nSPS) is 12.6. The molecule has 0 heterocycles. The Morgan fingerprint density at radius 2 is 1.94 bits per heavy atom. The van der Waals surface area contributed by atoms with Gasteiger partial charge in [-0.15, -0.1) is 0 Å². The van der Waals surface area contributed by atoms with E-state index in [9.17, 15) is 9.59 Å². The summed E-state index contributed by atoms with van der Waals surface area (Å²) in [5, 5.41) is 8.30. The third-order valence-electron chi connectivity index (χ3n) is 2.14. The van der Waals surface area contributed by atoms with Crippen LogP contribution in [0.5, 0.6) is 0 Å². The van der Waals surface area contributed by atoms with Gasteiger partial charge in [0.15, 0.2) is 0 Å². The molecule has 0 spiro atoms. The fraction of sp³-hybridized carbons (Fsp3) is 0.667. The molecule has 0 fully saturated rings. The molecule has 0 aliphatic heterocycles. The Morgan fingerprint density at radius 1 is 1.25 bits per heavy atom. The van der Waals surface area contributed by atoms with Gasteiger partial charge in [0.2, 0.25) is 0 Å². The summed E-state index contributed by atoms with van der Waals surface area (Å²) in [6.45, 7) is 3.96. The number of hydrogen-bond acceptors (Lipinski definition) is 3. The highest BCUT2D eigenvalue weighted by Gasteiger charge is 2.06. The zero-order chi connectivity index (χ0) is 12.4. The van der Waals surface area contributed by atoms with Gasteiger partial charge in [0, 0.05) is 12.2 Å². The van der Waals surface area contributed by atoms with Gasteiger partial charge >= 0.3 is 11.9 Å². The first-order valence-electron chi connectivity index (χ1n) is 5.68. The van der Waals surface area contributed by atoms with E-state index in [2.05, 4.69) is 6.92 Å². The molecule has 0 aromatic rings. The number of ether oxygens (including phenoxy) is 1. The Kier molecular flexibility index (Phi) is 8.21. The standard InChI is InChI=1S/C12H20O4/c1-3-4-5-6-7-10(2)16-12(15)9-8-11(13)14/h8-10H,3-7H2,1-2H3,(H,13,14)/b9-8+. The molecule has 0 amide bonds. The maximum atomic E-state index is 11.1. The van der Waals surface area contributed by atoms with Crippen LogP contribution in [-0.4, -0.2) is 23.1 Å². The lowest BCUT2D eigenvalue weighted by atomic mass is 10.1. The summed E-state index contributed by atoms with van der Waals surface area (Å²) in [6, 6.07) is 0. The zero-order valence-electron chi connectivity index (χ0n) is 9.94. The second kappa shape index (κ2) is 8.95. The van der Waals surface area contributed by atoms with Gasteiger partial charge in [0.05, 0.1) is 6.10 Å². The molecule has 1 N–H and O–H groups in total. The number of rotatable bonds is 8. The Labute approximate surface area is 96.3 Å². The molecular formula is C12H20O4. The second-order valence-corrected chi connectivity index (χ2v) is 3.77. The average Bonchev–Trinajstić information content (AvgIpc) is 2.21. The summed E-state index contributed by atoms with van der Waals surface area (Å²) >= 11 is 0. The van der Waals surface area contributed by atoms with E-state index >= 15 is 0 Å². The monoisotopic (exact) mass is 228 g/mol. The van der Waals surface area contributed by atoms with Crippen LogP contribution in [0.25, 0.3) is 0 Å². The predicted octanol–water partition coefficient (Wildman–Crippen LogP) is 2.53. The number of unbranched alkanes of at least 4 members (excludes halogenated alkanes) is 3. The van der Waals surface area contributed by atoms with E-state index in [1.807, 2.05) is 6.92 Å². The van der Waals surface area contributed by atoms with Gasteiger partial charge < -0.3 is 9.84 Å². The lowest BCUT2D eigenvalue weighted by Crippen LogP contribution is -2.13. The Balaban J connectivity index is 3.65. The van der Waals surface area contributed by atoms with Crippen LogP contribution in [0.1, 0.15) is 46.0 Å². The van der Waals surface area contributed by atoms with Gasteiger partial charge in [-0.1, -0.05) is 26.2 Å². The zero-order valence-corrected chi connectivity index (χ0v) is 9.94. The molecule has 0 aromatic heterocycles. The fourth-order valence-electron chi connectivity index (χ4n) is 1.29. The number of aliphatic carboxylic acids is 1. The molecule has 0 aliphatic carbocycles. The van der Waals surface area contributed by atoms with Crippen molar-refractivity contribution in [2.75, 3.05) is 0 Å². The van der Waals surface area contributed by atoms with Gasteiger partial charge in [-0.2, -0.15) is 0 Å². The Bertz CT molecular complexity index is 245. The van der Waals surface area contributed by atoms with Crippen LogP contribution >= 0.6 is 0 Å². The van der Waals surface area contributed by atoms with Crippen LogP contribution in [0.4, 0.5) is 0 Å². The highest BCUT2D eigenvalue weighted by molar-refractivity contribution is 5.90. The van der Waals surface area contributed by atoms with E-state index < -0.39 is 11.9 Å². The third kappa shape index (κ3) is 9.24. The minimum absolute atomic E-state index is 0.150. The van der Waals surface area contributed by atoms with Crippen molar-refractivity contribution in [3.8, 4) is 0 Å². The summed E-state index contributed by atoms with van der Waals surface area (Å²) in [7, 11) is 0. The van der Waals surface area contributed by atoms with Crippen molar-refractivity contribution >= 4 is 11.9 Å². The van der Waals surface area contributed by atoms with Crippen LogP contribution in [0.15, 0.2) is 12.2 Å². The minimum Gasteiger partial charge on any atom is -0.478 e. The van der Waals surface area contributed by atoms with E-state index in [0.717, 1.165) is 31.4 Å². The van der Waals surface area contributed by atoms with Gasteiger partial charge in [-0.3, -0.25) is 0 Å². The van der Waals surface area contributed by atoms with Crippen molar-refractivity contribution in [3.05, 3.63) is 12.2 Å². The molecule has 1 unspecified atom stereocenters. The van der Waals surface area contributed by atoms with Crippen molar-refractivity contribution in [1.29, 1.82) is 0 Å². The van der Waals surface area contributed by atoms with E-state index in [1.54, 1.807) is 0 Å². The highest BCUT2D eigenvalue weighted by Crippen LogP contribution is 2.08. The van der Waals surface area contributed by atoms with Crippen LogP contribution < -0.4 is 0 Å². The van der Waals surface area contributed by atoms with Crippen LogP contribution in [0.2, 0.25) is 0 Å². The second-order valence-electron chi connectivity index (χ2n) is 3.77. The van der Waals surface area contributed by atoms with Crippen molar-refractivity contribution in [3.63, 3.8) is 0 Å². The minimum atomic E-state index is -1.15. The summed E-state index contributed by atoms with van der Waals surface area (Å²) < 4.78 is 4.99. The Morgan fingerprint density at radius 3 is 2.50 bits per heavy atom. The predicted molar refractivity (Wildman–Crippen MR) is 61.1 cm³/mol. The topological polar surface area (TPSA) is 63.6 Å². The van der Waals surface area contributed by atoms with Gasteiger partial charge in [-0.05, 0) is 19.8 Å². The lowest BCUT2D eigenvalue weighted by molar-refractivity contribution is -0.143. The van der Waals surface area contributed by atoms with Crippen molar-refractivity contribution in [1.82, 2.24) is 0 Å². The molecule has 0 bridgehead atoms. The lowest BCUT2D eigenvalue weighted by Gasteiger charge is -2.11. The molecule has 0 radical (unpaired) electrons. The van der Waals surface area contributed by atoms with Crippen molar-refractivity contribution in [2.24, 2.45) is 0 Å². The summed E-state index contributed by atoms with van der Waals surface area (Å²) in [5.74, 6) is -1.74. The molecule has 16 heavy (non-hydrogen) atoms. The van der Waals surface area contributed by atoms with Gasteiger partial charge in [0.25, 0.3) is 0 Å². The van der Waals surface area contributed by atoms with Crippen molar-refractivity contribution < 1.29 is 19.4 Å². The number of carbonyl (C=O) groups excluding carboxylic acids is 1. The number of carboxylic acid groups (broad SMARTS) is 1. The van der Waals surface area contributed by atoms with E-state index in [0.29, 0.717) is 0 Å². The molecule has 4 nitrogen and oxygen atoms in total. The van der Waals surface area contributed by atoms with E-state index in [4.69, 9.17) is 9.84 Å². The highest BCUT2D eigenvalue weighted by atomic mass is 16.5. The number of hydrogen-bond donors (Lipinski definition) is 1. The summed E-state index contributed by atoms with van der Waals surface area (Å²) in [5.41, 5.74) is 0. The molecular weight excluding hydrogens is 208 g/mol. The molecule has 92 valence electrons. The van der Waals surface area contributed by atoms with Gasteiger partial charge in [-0.25, -0.2) is 9.59 Å².